The predicted octanol–water partition coefficient (Wildman–Crippen LogP) is 1.74. The molecule has 2 rings (SSSR count). The lowest BCUT2D eigenvalue weighted by atomic mass is 9.96. The van der Waals surface area contributed by atoms with Crippen LogP contribution in [0.2, 0.25) is 0 Å². The molecular formula is C16H16N2O7. The molecule has 1 heterocycles. The first kappa shape index (κ1) is 18.1. The smallest absolute Gasteiger partial charge is 0.303 e. The van der Waals surface area contributed by atoms with Crippen LogP contribution >= 0.6 is 0 Å². The van der Waals surface area contributed by atoms with E-state index in [0.717, 1.165) is 0 Å². The van der Waals surface area contributed by atoms with Gasteiger partial charge in [-0.3, -0.25) is 24.5 Å². The Morgan fingerprint density at radius 3 is 2.36 bits per heavy atom. The van der Waals surface area contributed by atoms with Gasteiger partial charge in [-0.2, -0.15) is 0 Å². The van der Waals surface area contributed by atoms with Crippen LogP contribution in [-0.2, 0) is 14.4 Å². The van der Waals surface area contributed by atoms with E-state index >= 15 is 0 Å². The summed E-state index contributed by atoms with van der Waals surface area (Å²) < 4.78 is 0. The van der Waals surface area contributed by atoms with Crippen molar-refractivity contribution in [2.75, 3.05) is 6.54 Å². The molecule has 0 spiro atoms. The fourth-order valence-corrected chi connectivity index (χ4v) is 2.77. The Morgan fingerprint density at radius 2 is 1.88 bits per heavy atom. The number of non-ortho nitro benzene ring substituents is 1. The van der Waals surface area contributed by atoms with Crippen molar-refractivity contribution in [2.24, 2.45) is 0 Å². The summed E-state index contributed by atoms with van der Waals surface area (Å²) >= 11 is 0. The van der Waals surface area contributed by atoms with Crippen LogP contribution in [0.15, 0.2) is 35.6 Å². The molecule has 1 aromatic rings. The lowest BCUT2D eigenvalue weighted by molar-refractivity contribution is -0.384. The average Bonchev–Trinajstić information content (AvgIpc) is 2.79. The van der Waals surface area contributed by atoms with E-state index in [-0.39, 0.29) is 30.6 Å². The van der Waals surface area contributed by atoms with E-state index in [1.165, 1.54) is 36.1 Å². The number of hydrogen-bond acceptors (Lipinski definition) is 6. The Morgan fingerprint density at radius 1 is 1.28 bits per heavy atom. The summed E-state index contributed by atoms with van der Waals surface area (Å²) in [5.74, 6) is -2.97. The van der Waals surface area contributed by atoms with E-state index in [9.17, 15) is 29.6 Å². The fraction of sp³-hybridized carbons (Fsp3) is 0.312. The summed E-state index contributed by atoms with van der Waals surface area (Å²) in [6.45, 7) is 1.23. The molecule has 0 bridgehead atoms. The Kier molecular flexibility index (Phi) is 5.16. The largest absolute Gasteiger partial charge is 0.503 e. The van der Waals surface area contributed by atoms with E-state index in [1.807, 2.05) is 0 Å². The van der Waals surface area contributed by atoms with Gasteiger partial charge in [0.05, 0.1) is 16.5 Å². The first-order valence-corrected chi connectivity index (χ1v) is 7.45. The summed E-state index contributed by atoms with van der Waals surface area (Å²) in [5.41, 5.74) is 0.167. The molecule has 0 saturated carbocycles. The van der Waals surface area contributed by atoms with Crippen molar-refractivity contribution >= 4 is 23.3 Å². The number of hydrogen-bond donors (Lipinski definition) is 2. The van der Waals surface area contributed by atoms with Crippen molar-refractivity contribution < 1.29 is 29.5 Å². The number of nitro groups is 1. The van der Waals surface area contributed by atoms with Gasteiger partial charge in [-0.05, 0) is 31.0 Å². The van der Waals surface area contributed by atoms with Crippen LogP contribution in [0.3, 0.4) is 0 Å². The topological polar surface area (TPSA) is 138 Å². The molecular weight excluding hydrogens is 332 g/mol. The van der Waals surface area contributed by atoms with Crippen LogP contribution in [0, 0.1) is 10.1 Å². The lowest BCUT2D eigenvalue weighted by Crippen LogP contribution is -2.32. The highest BCUT2D eigenvalue weighted by molar-refractivity contribution is 6.08. The molecule has 1 atom stereocenters. The zero-order valence-electron chi connectivity index (χ0n) is 13.3. The number of amides is 1. The second-order valence-corrected chi connectivity index (χ2v) is 5.57. The second kappa shape index (κ2) is 7.12. The van der Waals surface area contributed by atoms with E-state index < -0.39 is 34.4 Å². The monoisotopic (exact) mass is 348 g/mol. The molecule has 0 aromatic heterocycles. The first-order valence-electron chi connectivity index (χ1n) is 7.45. The standard InChI is InChI=1S/C16H16N2O7/c1-9(19)13-14(10-4-6-11(7-5-10)18(24)25)17(16(23)15(13)22)8-2-3-12(20)21/h4-7,14,22H,2-3,8H2,1H3,(H,20,21). The Bertz CT molecular complexity index is 767. The van der Waals surface area contributed by atoms with Crippen molar-refractivity contribution in [3.8, 4) is 0 Å². The molecule has 2 N–H and O–H groups in total. The highest BCUT2D eigenvalue weighted by Crippen LogP contribution is 2.38. The van der Waals surface area contributed by atoms with Gasteiger partial charge in [0.25, 0.3) is 11.6 Å². The van der Waals surface area contributed by atoms with Gasteiger partial charge in [-0.15, -0.1) is 0 Å². The van der Waals surface area contributed by atoms with Crippen LogP contribution < -0.4 is 0 Å². The maximum atomic E-state index is 12.3. The SMILES string of the molecule is CC(=O)C1=C(O)C(=O)N(CCCC(=O)O)C1c1ccc([N+](=O)[O-])cc1. The van der Waals surface area contributed by atoms with Crippen molar-refractivity contribution in [3.63, 3.8) is 0 Å². The number of carboxylic acids is 1. The zero-order valence-corrected chi connectivity index (χ0v) is 13.3. The van der Waals surface area contributed by atoms with Crippen LogP contribution in [0.4, 0.5) is 5.69 Å². The number of aliphatic carboxylic acids is 1. The van der Waals surface area contributed by atoms with Crippen LogP contribution in [0.1, 0.15) is 31.4 Å². The molecule has 1 aromatic carbocycles. The molecule has 0 aliphatic carbocycles. The normalized spacial score (nSPS) is 17.1. The number of aliphatic hydroxyl groups excluding tert-OH is 1. The van der Waals surface area contributed by atoms with Gasteiger partial charge < -0.3 is 15.1 Å². The van der Waals surface area contributed by atoms with Crippen LogP contribution in [-0.4, -0.2) is 44.2 Å². The average molecular weight is 348 g/mol. The van der Waals surface area contributed by atoms with Gasteiger partial charge >= 0.3 is 5.97 Å². The number of Topliss-reactive ketones (excluding diaryl/α,β-unsaturated/α-hetero) is 1. The maximum Gasteiger partial charge on any atom is 0.303 e. The van der Waals surface area contributed by atoms with Gasteiger partial charge in [0, 0.05) is 25.1 Å². The number of nitrogens with zero attached hydrogens (tertiary/aromatic N) is 2. The van der Waals surface area contributed by atoms with Crippen molar-refractivity contribution in [1.82, 2.24) is 4.90 Å². The van der Waals surface area contributed by atoms with E-state index in [0.29, 0.717) is 5.56 Å². The number of carbonyl (C=O) groups excluding carboxylic acids is 2. The molecule has 1 aliphatic rings. The number of carbonyl (C=O) groups is 3. The summed E-state index contributed by atoms with van der Waals surface area (Å²) in [6, 6.07) is 4.38. The summed E-state index contributed by atoms with van der Waals surface area (Å²) in [7, 11) is 0. The Balaban J connectivity index is 2.38. The summed E-state index contributed by atoms with van der Waals surface area (Å²) in [4.78, 5) is 46.2. The predicted molar refractivity (Wildman–Crippen MR) is 84.8 cm³/mol. The number of rotatable bonds is 7. The van der Waals surface area contributed by atoms with Crippen molar-refractivity contribution in [2.45, 2.75) is 25.8 Å². The minimum Gasteiger partial charge on any atom is -0.503 e. The minimum atomic E-state index is -1.03. The molecule has 0 fully saturated rings. The van der Waals surface area contributed by atoms with E-state index in [4.69, 9.17) is 5.11 Å². The second-order valence-electron chi connectivity index (χ2n) is 5.57. The van der Waals surface area contributed by atoms with Gasteiger partial charge in [0.2, 0.25) is 0 Å². The third-order valence-corrected chi connectivity index (χ3v) is 3.89. The Hall–Kier alpha value is -3.23. The molecule has 132 valence electrons. The lowest BCUT2D eigenvalue weighted by Gasteiger charge is -2.26. The van der Waals surface area contributed by atoms with E-state index in [2.05, 4.69) is 0 Å². The molecule has 1 amide bonds. The summed E-state index contributed by atoms with van der Waals surface area (Å²) in [5, 5.41) is 29.5. The van der Waals surface area contributed by atoms with Crippen LogP contribution in [0.25, 0.3) is 0 Å². The van der Waals surface area contributed by atoms with Gasteiger partial charge in [0.15, 0.2) is 11.5 Å². The number of nitro benzene ring substituents is 1. The fourth-order valence-electron chi connectivity index (χ4n) is 2.77. The number of ketones is 1. The Labute approximate surface area is 142 Å². The number of aliphatic hydroxyl groups is 1. The molecule has 25 heavy (non-hydrogen) atoms. The molecule has 0 saturated heterocycles. The number of benzene rings is 1. The van der Waals surface area contributed by atoms with Crippen LogP contribution in [0.5, 0.6) is 0 Å². The highest BCUT2D eigenvalue weighted by Gasteiger charge is 2.42. The first-order chi connectivity index (χ1) is 11.7. The highest BCUT2D eigenvalue weighted by atomic mass is 16.6. The van der Waals surface area contributed by atoms with E-state index in [1.54, 1.807) is 0 Å². The molecule has 9 nitrogen and oxygen atoms in total. The minimum absolute atomic E-state index is 0.0215. The van der Waals surface area contributed by atoms with Gasteiger partial charge in [0.1, 0.15) is 0 Å². The van der Waals surface area contributed by atoms with Crippen molar-refractivity contribution in [3.05, 3.63) is 51.3 Å². The quantitative estimate of drug-likeness (QED) is 0.565. The van der Waals surface area contributed by atoms with Gasteiger partial charge in [-0.25, -0.2) is 0 Å². The van der Waals surface area contributed by atoms with Crippen molar-refractivity contribution in [1.29, 1.82) is 0 Å². The zero-order chi connectivity index (χ0) is 18.7. The maximum absolute atomic E-state index is 12.3. The third kappa shape index (κ3) is 3.65. The number of carboxylic acid groups (broad SMARTS) is 1. The molecule has 1 aliphatic heterocycles. The molecule has 1 unspecified atom stereocenters. The molecule has 0 radical (unpaired) electrons. The third-order valence-electron chi connectivity index (χ3n) is 3.89. The summed E-state index contributed by atoms with van der Waals surface area (Å²) in [6.07, 6.45) is -0.0318. The molecule has 9 heteroatoms. The van der Waals surface area contributed by atoms with Gasteiger partial charge in [-0.1, -0.05) is 0 Å².